The number of unbranched alkanes of at least 4 members (excludes halogenated alkanes) is 9. The highest BCUT2D eigenvalue weighted by atomic mass is 35.5. The number of carbonyl (C=O) groups is 4. The Hall–Kier alpha value is -4.11. The monoisotopic (exact) mass is 733 g/mol. The molecular formula is C42H56ClN3O6. The van der Waals surface area contributed by atoms with Crippen molar-refractivity contribution in [1.82, 2.24) is 9.47 Å². The van der Waals surface area contributed by atoms with Crippen molar-refractivity contribution in [3.05, 3.63) is 87.2 Å². The summed E-state index contributed by atoms with van der Waals surface area (Å²) in [7, 11) is 2.97. The van der Waals surface area contributed by atoms with Crippen molar-refractivity contribution in [2.24, 2.45) is 0 Å². The number of hydrogen-bond donors (Lipinski definition) is 1. The Morgan fingerprint density at radius 1 is 0.885 bits per heavy atom. The van der Waals surface area contributed by atoms with Crippen molar-refractivity contribution in [1.29, 1.82) is 0 Å². The van der Waals surface area contributed by atoms with Gasteiger partial charge in [-0.1, -0.05) is 107 Å². The van der Waals surface area contributed by atoms with Gasteiger partial charge >= 0.3 is 12.1 Å². The zero-order valence-electron chi connectivity index (χ0n) is 31.4. The molecule has 0 radical (unpaired) electrons. The molecule has 0 saturated carbocycles. The number of anilines is 1. The number of nitrogens with zero attached hydrogens (tertiary/aromatic N) is 2. The molecule has 1 N–H and O–H groups in total. The van der Waals surface area contributed by atoms with Crippen molar-refractivity contribution in [2.75, 3.05) is 26.0 Å². The second kappa shape index (κ2) is 20.8. The Balaban J connectivity index is 1.41. The summed E-state index contributed by atoms with van der Waals surface area (Å²) in [5.41, 5.74) is 4.82. The summed E-state index contributed by atoms with van der Waals surface area (Å²) in [6.45, 7) is 5.13. The van der Waals surface area contributed by atoms with Crippen molar-refractivity contribution >= 4 is 41.0 Å². The first kappa shape index (κ1) is 40.7. The van der Waals surface area contributed by atoms with Gasteiger partial charge in [0, 0.05) is 37.6 Å². The number of Topliss-reactive ketones (excluding diaryl/α,β-unsaturated/α-hetero) is 1. The average Bonchev–Trinajstić information content (AvgIpc) is 3.42. The molecule has 1 aliphatic rings. The van der Waals surface area contributed by atoms with Crippen molar-refractivity contribution in [3.8, 4) is 0 Å². The summed E-state index contributed by atoms with van der Waals surface area (Å²) in [6, 6.07) is 14.6. The fourth-order valence-corrected chi connectivity index (χ4v) is 7.10. The first-order chi connectivity index (χ1) is 25.1. The smallest absolute Gasteiger partial charge is 0.410 e. The van der Waals surface area contributed by atoms with Crippen LogP contribution in [0.4, 0.5) is 10.5 Å². The topological polar surface area (TPSA) is 107 Å². The number of ether oxygens (including phenoxy) is 2. The summed E-state index contributed by atoms with van der Waals surface area (Å²) >= 11 is 6.53. The van der Waals surface area contributed by atoms with Crippen LogP contribution in [0.3, 0.4) is 0 Å². The Labute approximate surface area is 314 Å². The molecule has 1 heterocycles. The minimum absolute atomic E-state index is 0.0903. The number of hydrogen-bond acceptors (Lipinski definition) is 6. The second-order valence-corrected chi connectivity index (χ2v) is 14.4. The van der Waals surface area contributed by atoms with E-state index in [1.807, 2.05) is 25.1 Å². The lowest BCUT2D eigenvalue weighted by atomic mass is 9.91. The van der Waals surface area contributed by atoms with Gasteiger partial charge in [-0.15, -0.1) is 0 Å². The molecular weight excluding hydrogens is 678 g/mol. The molecule has 0 fully saturated rings. The van der Waals surface area contributed by atoms with E-state index >= 15 is 0 Å². The maximum atomic E-state index is 14.3. The molecule has 0 aliphatic heterocycles. The van der Waals surface area contributed by atoms with Gasteiger partial charge in [0.1, 0.15) is 0 Å². The second-order valence-electron chi connectivity index (χ2n) is 14.0. The molecule has 1 atom stereocenters. The fourth-order valence-electron chi connectivity index (χ4n) is 6.87. The number of fused-ring (bicyclic) bond motifs is 1. The highest BCUT2D eigenvalue weighted by molar-refractivity contribution is 6.34. The van der Waals surface area contributed by atoms with Crippen LogP contribution < -0.4 is 5.32 Å². The Bertz CT molecular complexity index is 1650. The van der Waals surface area contributed by atoms with Gasteiger partial charge in [-0.25, -0.2) is 9.59 Å². The van der Waals surface area contributed by atoms with Crippen molar-refractivity contribution < 1.29 is 28.7 Å². The van der Waals surface area contributed by atoms with Crippen LogP contribution in [0.5, 0.6) is 0 Å². The summed E-state index contributed by atoms with van der Waals surface area (Å²) in [6.07, 6.45) is 13.6. The molecule has 282 valence electrons. The maximum Gasteiger partial charge on any atom is 0.410 e. The molecule has 2 aromatic carbocycles. The zero-order valence-corrected chi connectivity index (χ0v) is 32.2. The number of esters is 1. The summed E-state index contributed by atoms with van der Waals surface area (Å²) < 4.78 is 13.2. The highest BCUT2D eigenvalue weighted by Crippen LogP contribution is 2.32. The number of carbonyl (C=O) groups excluding carboxylic acids is 4. The quantitative estimate of drug-likeness (QED) is 0.0537. The largest absolute Gasteiger partial charge is 0.462 e. The van der Waals surface area contributed by atoms with Gasteiger partial charge in [0.05, 0.1) is 22.9 Å². The van der Waals surface area contributed by atoms with Crippen LogP contribution in [0.2, 0.25) is 5.02 Å². The summed E-state index contributed by atoms with van der Waals surface area (Å²) in [5, 5.41) is 2.76. The van der Waals surface area contributed by atoms with E-state index in [1.165, 1.54) is 87.7 Å². The molecule has 0 bridgehead atoms. The molecule has 9 nitrogen and oxygen atoms in total. The first-order valence-electron chi connectivity index (χ1n) is 19.1. The molecule has 4 rings (SSSR count). The number of rotatable bonds is 20. The molecule has 0 saturated heterocycles. The Morgan fingerprint density at radius 2 is 1.54 bits per heavy atom. The number of aromatic nitrogens is 1. The standard InChI is InChI=1S/C42H56ClN3O6/c1-5-6-7-8-9-10-11-12-13-19-28-51-41(49)32-24-25-35(34(43)29-32)44-40(48)39(52-42(50)45(3)4)38(47)37-30(2)46(36-23-18-17-22-33(36)37)27-26-31-20-15-14-16-21-31/h14-16,20-21,24-25,29,39H,5-13,17-19,22-23,26-28H2,1-4H3,(H,44,48). The minimum Gasteiger partial charge on any atom is -0.462 e. The third-order valence-corrected chi connectivity index (χ3v) is 10.1. The Kier molecular flexibility index (Phi) is 16.3. The number of amides is 2. The molecule has 1 aromatic heterocycles. The van der Waals surface area contributed by atoms with Crippen LogP contribution in [-0.2, 0) is 40.1 Å². The third kappa shape index (κ3) is 11.4. The molecule has 3 aromatic rings. The lowest BCUT2D eigenvalue weighted by molar-refractivity contribution is -0.122. The van der Waals surface area contributed by atoms with Gasteiger partial charge < -0.3 is 24.3 Å². The van der Waals surface area contributed by atoms with Crippen LogP contribution in [0, 0.1) is 6.92 Å². The van der Waals surface area contributed by atoms with Crippen LogP contribution >= 0.6 is 11.6 Å². The van der Waals surface area contributed by atoms with Gasteiger partial charge in [0.25, 0.3) is 5.91 Å². The summed E-state index contributed by atoms with van der Waals surface area (Å²) in [4.78, 5) is 54.8. The number of ketones is 1. The van der Waals surface area contributed by atoms with Crippen molar-refractivity contribution in [3.63, 3.8) is 0 Å². The zero-order chi connectivity index (χ0) is 37.5. The molecule has 10 heteroatoms. The Morgan fingerprint density at radius 3 is 2.19 bits per heavy atom. The van der Waals surface area contributed by atoms with Crippen molar-refractivity contribution in [2.45, 2.75) is 123 Å². The lowest BCUT2D eigenvalue weighted by Gasteiger charge is -2.21. The van der Waals surface area contributed by atoms with E-state index in [-0.39, 0.29) is 16.3 Å². The number of aryl methyl sites for hydroxylation is 1. The van der Waals surface area contributed by atoms with Gasteiger partial charge in [-0.3, -0.25) is 9.59 Å². The fraction of sp³-hybridized carbons (Fsp3) is 0.524. The van der Waals surface area contributed by atoms with E-state index in [0.29, 0.717) is 25.1 Å². The van der Waals surface area contributed by atoms with Gasteiger partial charge in [-0.05, 0) is 74.8 Å². The maximum absolute atomic E-state index is 14.3. The van der Waals surface area contributed by atoms with Crippen LogP contribution in [0.15, 0.2) is 48.5 Å². The van der Waals surface area contributed by atoms with E-state index in [1.54, 1.807) is 0 Å². The van der Waals surface area contributed by atoms with Gasteiger partial charge in [0.15, 0.2) is 0 Å². The predicted octanol–water partition coefficient (Wildman–Crippen LogP) is 9.54. The number of nitrogens with one attached hydrogen (secondary N) is 1. The van der Waals surface area contributed by atoms with Gasteiger partial charge in [-0.2, -0.15) is 0 Å². The van der Waals surface area contributed by atoms with Crippen LogP contribution in [0.1, 0.15) is 127 Å². The minimum atomic E-state index is -1.76. The van der Waals surface area contributed by atoms with E-state index in [2.05, 4.69) is 28.9 Å². The van der Waals surface area contributed by atoms with Crippen LogP contribution in [0.25, 0.3) is 0 Å². The summed E-state index contributed by atoms with van der Waals surface area (Å²) in [5.74, 6) is -1.91. The molecule has 0 spiro atoms. The van der Waals surface area contributed by atoms with E-state index in [9.17, 15) is 19.2 Å². The third-order valence-electron chi connectivity index (χ3n) is 9.80. The highest BCUT2D eigenvalue weighted by Gasteiger charge is 2.37. The average molecular weight is 734 g/mol. The molecule has 2 amide bonds. The van der Waals surface area contributed by atoms with Gasteiger partial charge in [0.2, 0.25) is 11.9 Å². The van der Waals surface area contributed by atoms with Crippen LogP contribution in [-0.4, -0.2) is 60.0 Å². The van der Waals surface area contributed by atoms with E-state index < -0.39 is 29.9 Å². The first-order valence-corrected chi connectivity index (χ1v) is 19.4. The predicted molar refractivity (Wildman–Crippen MR) is 206 cm³/mol. The normalized spacial score (nSPS) is 12.9. The number of benzene rings is 2. The lowest BCUT2D eigenvalue weighted by Crippen LogP contribution is -2.42. The van der Waals surface area contributed by atoms with E-state index in [0.717, 1.165) is 61.9 Å². The van der Waals surface area contributed by atoms with E-state index in [4.69, 9.17) is 21.1 Å². The molecule has 1 aliphatic carbocycles. The SMILES string of the molecule is CCCCCCCCCCCCOC(=O)c1ccc(NC(=O)C(OC(=O)N(C)C)C(=O)c2c3c(n(CCc4ccccc4)c2C)CCCC3)c(Cl)c1. The number of halogens is 1. The molecule has 52 heavy (non-hydrogen) atoms. The molecule has 1 unspecified atom stereocenters.